The van der Waals surface area contributed by atoms with Crippen molar-refractivity contribution in [2.24, 2.45) is 10.9 Å². The van der Waals surface area contributed by atoms with Gasteiger partial charge in [-0.2, -0.15) is 0 Å². The largest absolute Gasteiger partial charge is 0.497 e. The Kier molecular flexibility index (Phi) is 8.95. The van der Waals surface area contributed by atoms with Crippen LogP contribution in [0.3, 0.4) is 0 Å². The minimum absolute atomic E-state index is 0. The topological polar surface area (TPSA) is 49.3 Å². The second-order valence-electron chi connectivity index (χ2n) is 7.15. The van der Waals surface area contributed by atoms with Gasteiger partial charge < -0.3 is 19.7 Å². The van der Waals surface area contributed by atoms with Crippen molar-refractivity contribution in [2.75, 3.05) is 54.0 Å². The molecule has 152 valence electrons. The van der Waals surface area contributed by atoms with Crippen LogP contribution in [0.25, 0.3) is 0 Å². The van der Waals surface area contributed by atoms with Crippen LogP contribution < -0.4 is 14.8 Å². The molecule has 1 aromatic carbocycles. The summed E-state index contributed by atoms with van der Waals surface area (Å²) in [5, 5.41) is 3.53. The molecule has 1 aromatic rings. The van der Waals surface area contributed by atoms with E-state index in [2.05, 4.69) is 26.2 Å². The molecule has 0 radical (unpaired) electrons. The molecule has 27 heavy (non-hydrogen) atoms. The van der Waals surface area contributed by atoms with E-state index >= 15 is 0 Å². The van der Waals surface area contributed by atoms with Gasteiger partial charge in [-0.3, -0.25) is 9.89 Å². The Hall–Kier alpha value is -1.22. The monoisotopic (exact) mass is 488 g/mol. The molecule has 3 rings (SSSR count). The number of halogens is 1. The summed E-state index contributed by atoms with van der Waals surface area (Å²) in [6.07, 6.45) is 4.09. The molecular weight excluding hydrogens is 455 g/mol. The summed E-state index contributed by atoms with van der Waals surface area (Å²) >= 11 is 0. The molecule has 1 saturated heterocycles. The van der Waals surface area contributed by atoms with Crippen LogP contribution in [-0.4, -0.2) is 69.8 Å². The fourth-order valence-electron chi connectivity index (χ4n) is 3.49. The number of guanidine groups is 1. The maximum absolute atomic E-state index is 5.51. The Morgan fingerprint density at radius 3 is 2.48 bits per heavy atom. The Morgan fingerprint density at radius 1 is 1.15 bits per heavy atom. The molecule has 0 amide bonds. The first kappa shape index (κ1) is 22.1. The van der Waals surface area contributed by atoms with E-state index in [4.69, 9.17) is 9.47 Å². The third-order valence-corrected chi connectivity index (χ3v) is 5.30. The molecule has 1 heterocycles. The quantitative estimate of drug-likeness (QED) is 0.364. The zero-order valence-electron chi connectivity index (χ0n) is 16.7. The zero-order chi connectivity index (χ0) is 18.4. The first-order valence-electron chi connectivity index (χ1n) is 9.62. The number of nitrogens with one attached hydrogen (secondary N) is 1. The number of nitrogens with zero attached hydrogens (tertiary/aromatic N) is 3. The van der Waals surface area contributed by atoms with Crippen molar-refractivity contribution in [1.82, 2.24) is 15.1 Å². The van der Waals surface area contributed by atoms with Gasteiger partial charge in [0.2, 0.25) is 0 Å². The van der Waals surface area contributed by atoms with E-state index in [0.717, 1.165) is 62.6 Å². The van der Waals surface area contributed by atoms with Gasteiger partial charge in [0.25, 0.3) is 0 Å². The van der Waals surface area contributed by atoms with Crippen molar-refractivity contribution in [3.8, 4) is 11.5 Å². The van der Waals surface area contributed by atoms with Gasteiger partial charge in [0.05, 0.1) is 14.2 Å². The molecule has 1 saturated carbocycles. The van der Waals surface area contributed by atoms with Crippen LogP contribution in [0.5, 0.6) is 11.5 Å². The SMILES string of the molecule is CN=C(NCCC1CC1)N1CCN(Cc2cc(OC)ccc2OC)CC1.I. The molecule has 1 N–H and O–H groups in total. The molecule has 6 nitrogen and oxygen atoms in total. The number of ether oxygens (including phenoxy) is 2. The Labute approximate surface area is 180 Å². The van der Waals surface area contributed by atoms with Gasteiger partial charge in [0.15, 0.2) is 5.96 Å². The third kappa shape index (κ3) is 6.41. The van der Waals surface area contributed by atoms with Crippen LogP contribution in [0.2, 0.25) is 0 Å². The molecule has 0 aromatic heterocycles. The normalized spacial score (nSPS) is 18.0. The van der Waals surface area contributed by atoms with Crippen molar-refractivity contribution in [3.63, 3.8) is 0 Å². The maximum Gasteiger partial charge on any atom is 0.193 e. The van der Waals surface area contributed by atoms with Gasteiger partial charge in [-0.1, -0.05) is 12.8 Å². The number of rotatable bonds is 7. The Morgan fingerprint density at radius 2 is 1.89 bits per heavy atom. The van der Waals surface area contributed by atoms with Crippen LogP contribution >= 0.6 is 24.0 Å². The Balaban J connectivity index is 0.00000261. The summed E-state index contributed by atoms with van der Waals surface area (Å²) in [4.78, 5) is 9.30. The number of methoxy groups -OCH3 is 2. The van der Waals surface area contributed by atoms with Crippen molar-refractivity contribution in [1.29, 1.82) is 0 Å². The molecule has 1 aliphatic carbocycles. The molecule has 7 heteroatoms. The van der Waals surface area contributed by atoms with Crippen LogP contribution in [0.1, 0.15) is 24.8 Å². The van der Waals surface area contributed by atoms with E-state index in [0.29, 0.717) is 0 Å². The van der Waals surface area contributed by atoms with Crippen LogP contribution in [0.4, 0.5) is 0 Å². The van der Waals surface area contributed by atoms with Crippen molar-refractivity contribution in [2.45, 2.75) is 25.8 Å². The van der Waals surface area contributed by atoms with Gasteiger partial charge in [-0.15, -0.1) is 24.0 Å². The van der Waals surface area contributed by atoms with Gasteiger partial charge >= 0.3 is 0 Å². The third-order valence-electron chi connectivity index (χ3n) is 5.30. The summed E-state index contributed by atoms with van der Waals surface area (Å²) in [7, 11) is 5.31. The first-order chi connectivity index (χ1) is 12.7. The molecular formula is C20H33IN4O2. The maximum atomic E-state index is 5.51. The smallest absolute Gasteiger partial charge is 0.193 e. The van der Waals surface area contributed by atoms with Gasteiger partial charge in [0.1, 0.15) is 11.5 Å². The van der Waals surface area contributed by atoms with Crippen molar-refractivity contribution >= 4 is 29.9 Å². The van der Waals surface area contributed by atoms with Crippen LogP contribution in [0.15, 0.2) is 23.2 Å². The molecule has 1 aliphatic heterocycles. The minimum Gasteiger partial charge on any atom is -0.497 e. The fraction of sp³-hybridized carbons (Fsp3) is 0.650. The number of aliphatic imine (C=N–C) groups is 1. The summed E-state index contributed by atoms with van der Waals surface area (Å²) < 4.78 is 10.9. The first-order valence-corrected chi connectivity index (χ1v) is 9.62. The summed E-state index contributed by atoms with van der Waals surface area (Å²) in [5.74, 6) is 3.80. The number of benzene rings is 1. The highest BCUT2D eigenvalue weighted by Gasteiger charge is 2.23. The zero-order valence-corrected chi connectivity index (χ0v) is 19.1. The molecule has 2 aliphatic rings. The van der Waals surface area contributed by atoms with E-state index in [1.165, 1.54) is 24.8 Å². The van der Waals surface area contributed by atoms with E-state index in [1.807, 2.05) is 19.2 Å². The summed E-state index contributed by atoms with van der Waals surface area (Å²) in [6, 6.07) is 6.00. The number of piperazine rings is 1. The van der Waals surface area contributed by atoms with Crippen molar-refractivity contribution < 1.29 is 9.47 Å². The van der Waals surface area contributed by atoms with Crippen molar-refractivity contribution in [3.05, 3.63) is 23.8 Å². The lowest BCUT2D eigenvalue weighted by Crippen LogP contribution is -2.52. The molecule has 0 atom stereocenters. The van der Waals surface area contributed by atoms with Gasteiger partial charge in [-0.25, -0.2) is 0 Å². The second-order valence-corrected chi connectivity index (χ2v) is 7.15. The lowest BCUT2D eigenvalue weighted by atomic mass is 10.1. The average Bonchev–Trinajstić information content (AvgIpc) is 3.50. The lowest BCUT2D eigenvalue weighted by Gasteiger charge is -2.36. The predicted molar refractivity (Wildman–Crippen MR) is 121 cm³/mol. The molecule has 2 fully saturated rings. The predicted octanol–water partition coefficient (Wildman–Crippen LogP) is 2.81. The molecule has 0 bridgehead atoms. The van der Waals surface area contributed by atoms with E-state index in [9.17, 15) is 0 Å². The standard InChI is InChI=1S/C20H32N4O2.HI/c1-21-20(22-9-8-16-4-5-16)24-12-10-23(11-13-24)15-17-14-18(25-2)6-7-19(17)26-3;/h6-7,14,16H,4-5,8-13,15H2,1-3H3,(H,21,22);1H. The van der Waals surface area contributed by atoms with E-state index < -0.39 is 0 Å². The molecule has 0 unspecified atom stereocenters. The summed E-state index contributed by atoms with van der Waals surface area (Å²) in [6.45, 7) is 5.94. The van der Waals surface area contributed by atoms with E-state index in [-0.39, 0.29) is 24.0 Å². The van der Waals surface area contributed by atoms with Crippen LogP contribution in [-0.2, 0) is 6.54 Å². The number of hydrogen-bond acceptors (Lipinski definition) is 4. The fourth-order valence-corrected chi connectivity index (χ4v) is 3.49. The highest BCUT2D eigenvalue weighted by atomic mass is 127. The molecule has 0 spiro atoms. The van der Waals surface area contributed by atoms with Crippen LogP contribution in [0, 0.1) is 5.92 Å². The summed E-state index contributed by atoms with van der Waals surface area (Å²) in [5.41, 5.74) is 1.17. The highest BCUT2D eigenvalue weighted by Crippen LogP contribution is 2.31. The average molecular weight is 488 g/mol. The number of hydrogen-bond donors (Lipinski definition) is 1. The Bertz CT molecular complexity index is 614. The van der Waals surface area contributed by atoms with Gasteiger partial charge in [0, 0.05) is 51.9 Å². The highest BCUT2D eigenvalue weighted by molar-refractivity contribution is 14.0. The second kappa shape index (κ2) is 10.9. The minimum atomic E-state index is 0. The van der Waals surface area contributed by atoms with E-state index in [1.54, 1.807) is 14.2 Å². The lowest BCUT2D eigenvalue weighted by molar-refractivity contribution is 0.171. The van der Waals surface area contributed by atoms with Gasteiger partial charge in [-0.05, 0) is 30.5 Å².